The van der Waals surface area contributed by atoms with E-state index in [0.29, 0.717) is 48.4 Å². The fraction of sp³-hybridized carbons (Fsp3) is 0.375. The first-order valence-electron chi connectivity index (χ1n) is 10.7. The van der Waals surface area contributed by atoms with Crippen LogP contribution in [-0.4, -0.2) is 43.7 Å². The van der Waals surface area contributed by atoms with Gasteiger partial charge in [0, 0.05) is 18.3 Å². The average molecular weight is 459 g/mol. The molecule has 0 unspecified atom stereocenters. The molecule has 9 nitrogen and oxygen atoms in total. The molecule has 33 heavy (non-hydrogen) atoms. The second-order valence-electron chi connectivity index (χ2n) is 6.90. The molecule has 0 aromatic heterocycles. The number of ether oxygens (including phenoxy) is 4. The van der Waals surface area contributed by atoms with E-state index in [-0.39, 0.29) is 11.5 Å². The minimum atomic E-state index is -1.06. The highest BCUT2D eigenvalue weighted by atomic mass is 16.6. The van der Waals surface area contributed by atoms with Gasteiger partial charge in [-0.2, -0.15) is 0 Å². The minimum Gasteiger partial charge on any atom is -0.490 e. The summed E-state index contributed by atoms with van der Waals surface area (Å²) >= 11 is 0. The lowest BCUT2D eigenvalue weighted by Gasteiger charge is -2.18. The summed E-state index contributed by atoms with van der Waals surface area (Å²) in [5, 5.41) is 5.31. The molecule has 9 heteroatoms. The molecule has 0 spiro atoms. The summed E-state index contributed by atoms with van der Waals surface area (Å²) in [7, 11) is 0. The molecule has 0 bridgehead atoms. The molecule has 0 saturated heterocycles. The maximum absolute atomic E-state index is 12.7. The number of carbonyl (C=O) groups excluding carboxylic acids is 3. The molecule has 0 fully saturated rings. The highest BCUT2D eigenvalue weighted by molar-refractivity contribution is 5.98. The van der Waals surface area contributed by atoms with E-state index >= 15 is 0 Å². The highest BCUT2D eigenvalue weighted by Crippen LogP contribution is 2.39. The van der Waals surface area contributed by atoms with Gasteiger partial charge in [0.2, 0.25) is 11.7 Å². The number of anilines is 2. The number of esters is 1. The third-order valence-electron chi connectivity index (χ3n) is 4.27. The normalized spacial score (nSPS) is 11.2. The molecular weight excluding hydrogens is 428 g/mol. The lowest BCUT2D eigenvalue weighted by Crippen LogP contribution is -2.30. The van der Waals surface area contributed by atoms with Crippen molar-refractivity contribution in [3.8, 4) is 17.2 Å². The van der Waals surface area contributed by atoms with Gasteiger partial charge in [-0.3, -0.25) is 9.59 Å². The van der Waals surface area contributed by atoms with E-state index in [1.807, 2.05) is 20.8 Å². The lowest BCUT2D eigenvalue weighted by molar-refractivity contribution is -0.123. The molecule has 2 aromatic rings. The molecule has 0 saturated carbocycles. The summed E-state index contributed by atoms with van der Waals surface area (Å²) in [6, 6.07) is 9.57. The lowest BCUT2D eigenvalue weighted by atomic mass is 10.1. The second kappa shape index (κ2) is 12.3. The van der Waals surface area contributed by atoms with Crippen LogP contribution in [-0.2, 0) is 14.3 Å². The highest BCUT2D eigenvalue weighted by Gasteiger charge is 2.23. The van der Waals surface area contributed by atoms with Gasteiger partial charge in [-0.25, -0.2) is 4.79 Å². The zero-order valence-electron chi connectivity index (χ0n) is 19.5. The Morgan fingerprint density at radius 2 is 1.30 bits per heavy atom. The second-order valence-corrected chi connectivity index (χ2v) is 6.90. The van der Waals surface area contributed by atoms with Crippen LogP contribution in [0.15, 0.2) is 36.4 Å². The molecule has 0 aliphatic rings. The Morgan fingerprint density at radius 3 is 1.76 bits per heavy atom. The van der Waals surface area contributed by atoms with Gasteiger partial charge in [-0.15, -0.1) is 0 Å². The Hall–Kier alpha value is -3.75. The SMILES string of the molecule is CCOc1cc(C(=O)O[C@H](C)C(=O)Nc2ccc(NC(C)=O)cc2)cc(OCC)c1OCC. The monoisotopic (exact) mass is 458 g/mol. The fourth-order valence-electron chi connectivity index (χ4n) is 2.87. The topological polar surface area (TPSA) is 112 Å². The first-order valence-corrected chi connectivity index (χ1v) is 10.7. The molecule has 0 aliphatic carbocycles. The number of nitrogens with one attached hydrogen (secondary N) is 2. The van der Waals surface area contributed by atoms with Gasteiger partial charge in [0.05, 0.1) is 25.4 Å². The van der Waals surface area contributed by atoms with E-state index < -0.39 is 18.0 Å². The summed E-state index contributed by atoms with van der Waals surface area (Å²) < 4.78 is 22.2. The predicted octanol–water partition coefficient (Wildman–Crippen LogP) is 4.03. The third-order valence-corrected chi connectivity index (χ3v) is 4.27. The van der Waals surface area contributed by atoms with Crippen LogP contribution in [0.25, 0.3) is 0 Å². The largest absolute Gasteiger partial charge is 0.490 e. The van der Waals surface area contributed by atoms with Crippen LogP contribution < -0.4 is 24.8 Å². The molecule has 0 aliphatic heterocycles. The van der Waals surface area contributed by atoms with Crippen molar-refractivity contribution in [2.24, 2.45) is 0 Å². The van der Waals surface area contributed by atoms with Crippen molar-refractivity contribution in [2.75, 3.05) is 30.5 Å². The minimum absolute atomic E-state index is 0.171. The van der Waals surface area contributed by atoms with Crippen LogP contribution in [0.5, 0.6) is 17.2 Å². The van der Waals surface area contributed by atoms with E-state index in [2.05, 4.69) is 10.6 Å². The molecule has 0 heterocycles. The van der Waals surface area contributed by atoms with Crippen molar-refractivity contribution in [1.82, 2.24) is 0 Å². The van der Waals surface area contributed by atoms with Crippen molar-refractivity contribution in [3.05, 3.63) is 42.0 Å². The number of hydrogen-bond acceptors (Lipinski definition) is 7. The number of amides is 2. The van der Waals surface area contributed by atoms with Gasteiger partial charge >= 0.3 is 5.97 Å². The van der Waals surface area contributed by atoms with Gasteiger partial charge in [0.25, 0.3) is 5.91 Å². The fourth-order valence-corrected chi connectivity index (χ4v) is 2.87. The maximum atomic E-state index is 12.7. The zero-order valence-corrected chi connectivity index (χ0v) is 19.5. The Balaban J connectivity index is 2.12. The van der Waals surface area contributed by atoms with Crippen molar-refractivity contribution in [1.29, 1.82) is 0 Å². The van der Waals surface area contributed by atoms with E-state index in [4.69, 9.17) is 18.9 Å². The molecule has 2 amide bonds. The van der Waals surface area contributed by atoms with E-state index in [0.717, 1.165) is 0 Å². The number of rotatable bonds is 11. The molecule has 2 aromatic carbocycles. The van der Waals surface area contributed by atoms with E-state index in [9.17, 15) is 14.4 Å². The van der Waals surface area contributed by atoms with Crippen LogP contribution in [0.4, 0.5) is 11.4 Å². The van der Waals surface area contributed by atoms with Crippen molar-refractivity contribution in [2.45, 2.75) is 40.7 Å². The van der Waals surface area contributed by atoms with Gasteiger partial charge in [-0.05, 0) is 64.1 Å². The van der Waals surface area contributed by atoms with Gasteiger partial charge in [-0.1, -0.05) is 0 Å². The molecule has 2 rings (SSSR count). The number of benzene rings is 2. The Bertz CT molecular complexity index is 946. The number of carbonyl (C=O) groups is 3. The first kappa shape index (κ1) is 25.5. The van der Waals surface area contributed by atoms with Crippen LogP contribution in [0.3, 0.4) is 0 Å². The molecule has 178 valence electrons. The number of hydrogen-bond donors (Lipinski definition) is 2. The summed E-state index contributed by atoms with van der Waals surface area (Å²) in [5.41, 5.74) is 1.27. The van der Waals surface area contributed by atoms with Crippen molar-refractivity contribution < 1.29 is 33.3 Å². The first-order chi connectivity index (χ1) is 15.8. The average Bonchev–Trinajstić information content (AvgIpc) is 2.77. The Morgan fingerprint density at radius 1 is 0.818 bits per heavy atom. The summed E-state index contributed by atoms with van der Waals surface area (Å²) in [5.74, 6) is -0.282. The van der Waals surface area contributed by atoms with E-state index in [1.54, 1.807) is 24.3 Å². The predicted molar refractivity (Wildman–Crippen MR) is 124 cm³/mol. The van der Waals surface area contributed by atoms with Crippen LogP contribution >= 0.6 is 0 Å². The molecule has 1 atom stereocenters. The maximum Gasteiger partial charge on any atom is 0.339 e. The van der Waals surface area contributed by atoms with E-state index in [1.165, 1.54) is 26.0 Å². The summed E-state index contributed by atoms with van der Waals surface area (Å²) in [4.78, 5) is 36.3. The van der Waals surface area contributed by atoms with Crippen molar-refractivity contribution >= 4 is 29.2 Å². The summed E-state index contributed by atoms with van der Waals surface area (Å²) in [6.07, 6.45) is -1.06. The van der Waals surface area contributed by atoms with Crippen LogP contribution in [0, 0.1) is 0 Å². The standard InChI is InChI=1S/C24H30N2O7/c1-6-30-20-13-17(14-21(31-7-2)22(20)32-8-3)24(29)33-15(4)23(28)26-19-11-9-18(10-12-19)25-16(5)27/h9-15H,6-8H2,1-5H3,(H,25,27)(H,26,28)/t15-/m1/s1. The van der Waals surface area contributed by atoms with Crippen LogP contribution in [0.1, 0.15) is 45.0 Å². The van der Waals surface area contributed by atoms with Gasteiger partial charge < -0.3 is 29.6 Å². The van der Waals surface area contributed by atoms with Crippen LogP contribution in [0.2, 0.25) is 0 Å². The van der Waals surface area contributed by atoms with Gasteiger partial charge in [0.1, 0.15) is 0 Å². The zero-order chi connectivity index (χ0) is 24.4. The smallest absolute Gasteiger partial charge is 0.339 e. The third kappa shape index (κ3) is 7.41. The quantitative estimate of drug-likeness (QED) is 0.489. The Kier molecular flexibility index (Phi) is 9.53. The Labute approximate surface area is 193 Å². The van der Waals surface area contributed by atoms with Gasteiger partial charge in [0.15, 0.2) is 17.6 Å². The summed E-state index contributed by atoms with van der Waals surface area (Å²) in [6.45, 7) is 9.47. The van der Waals surface area contributed by atoms with Crippen molar-refractivity contribution in [3.63, 3.8) is 0 Å². The molecular formula is C24H30N2O7. The molecule has 0 radical (unpaired) electrons. The molecule has 2 N–H and O–H groups in total.